The molecule has 1 aliphatic rings. The first kappa shape index (κ1) is 19.4. The first-order valence-corrected chi connectivity index (χ1v) is 10.5. The van der Waals surface area contributed by atoms with E-state index in [-0.39, 0.29) is 10.8 Å². The summed E-state index contributed by atoms with van der Waals surface area (Å²) < 4.78 is 32.7. The van der Waals surface area contributed by atoms with E-state index in [1.54, 1.807) is 34.6 Å². The maximum Gasteiger partial charge on any atom is 0.248 e. The molecule has 0 saturated carbocycles. The lowest BCUT2D eigenvalue weighted by Gasteiger charge is -2.20. The fourth-order valence-electron chi connectivity index (χ4n) is 3.05. The lowest BCUT2D eigenvalue weighted by Crippen LogP contribution is -2.32. The number of nitrogens with one attached hydrogen (secondary N) is 1. The molecule has 0 bridgehead atoms. The third-order valence-electron chi connectivity index (χ3n) is 4.46. The highest BCUT2D eigenvalue weighted by molar-refractivity contribution is 7.89. The Morgan fingerprint density at radius 1 is 1.11 bits per heavy atom. The predicted molar refractivity (Wildman–Crippen MR) is 105 cm³/mol. The fourth-order valence-corrected chi connectivity index (χ4v) is 4.61. The summed E-state index contributed by atoms with van der Waals surface area (Å²) in [6.07, 6.45) is 6.81. The number of hydrogen-bond acceptors (Lipinski definition) is 4. The van der Waals surface area contributed by atoms with Crippen LogP contribution in [-0.2, 0) is 14.8 Å². The highest BCUT2D eigenvalue weighted by atomic mass is 32.2. The van der Waals surface area contributed by atoms with E-state index in [1.807, 2.05) is 13.0 Å². The molecule has 1 fully saturated rings. The predicted octanol–water partition coefficient (Wildman–Crippen LogP) is 3.80. The standard InChI is InChI=1S/C20H24N2O4S/c1-16-9-10-18(26-16)11-12-20(23)21-17-7-6-8-19(15-17)27(24,25)22-13-4-2-3-5-14-22/h6-12,15H,2-5,13-14H2,1H3,(H,21,23)/b12-11+. The van der Waals surface area contributed by atoms with Crippen LogP contribution in [0.3, 0.4) is 0 Å². The number of aryl methyl sites for hydroxylation is 1. The van der Waals surface area contributed by atoms with Gasteiger partial charge in [0, 0.05) is 24.9 Å². The quantitative estimate of drug-likeness (QED) is 0.790. The maximum atomic E-state index is 12.9. The van der Waals surface area contributed by atoms with Crippen molar-refractivity contribution in [2.45, 2.75) is 37.5 Å². The molecule has 0 unspecified atom stereocenters. The Hall–Kier alpha value is -2.38. The van der Waals surface area contributed by atoms with Crippen LogP contribution in [0.4, 0.5) is 5.69 Å². The monoisotopic (exact) mass is 388 g/mol. The fraction of sp³-hybridized carbons (Fsp3) is 0.350. The minimum atomic E-state index is -3.55. The Labute approximate surface area is 159 Å². The molecular weight excluding hydrogens is 364 g/mol. The van der Waals surface area contributed by atoms with Crippen molar-refractivity contribution in [3.63, 3.8) is 0 Å². The van der Waals surface area contributed by atoms with Crippen LogP contribution in [0.2, 0.25) is 0 Å². The molecule has 144 valence electrons. The molecule has 0 radical (unpaired) electrons. The molecule has 1 N–H and O–H groups in total. The van der Waals surface area contributed by atoms with Gasteiger partial charge in [-0.3, -0.25) is 4.79 Å². The zero-order chi connectivity index (χ0) is 19.3. The first-order chi connectivity index (χ1) is 12.9. The van der Waals surface area contributed by atoms with E-state index < -0.39 is 10.0 Å². The van der Waals surface area contributed by atoms with Crippen LogP contribution in [0.1, 0.15) is 37.2 Å². The number of hydrogen-bond donors (Lipinski definition) is 1. The summed E-state index contributed by atoms with van der Waals surface area (Å²) >= 11 is 0. The Morgan fingerprint density at radius 3 is 2.52 bits per heavy atom. The maximum absolute atomic E-state index is 12.9. The first-order valence-electron chi connectivity index (χ1n) is 9.11. The average molecular weight is 388 g/mol. The molecule has 0 spiro atoms. The van der Waals surface area contributed by atoms with Gasteiger partial charge in [-0.1, -0.05) is 18.9 Å². The average Bonchev–Trinajstić information content (AvgIpc) is 2.88. The lowest BCUT2D eigenvalue weighted by atomic mass is 10.2. The molecule has 0 atom stereocenters. The van der Waals surface area contributed by atoms with E-state index in [9.17, 15) is 13.2 Å². The van der Waals surface area contributed by atoms with E-state index in [1.165, 1.54) is 12.1 Å². The number of benzene rings is 1. The Bertz CT molecular complexity index is 923. The molecule has 1 aromatic heterocycles. The van der Waals surface area contributed by atoms with Crippen LogP contribution >= 0.6 is 0 Å². The number of nitrogens with zero attached hydrogens (tertiary/aromatic N) is 1. The van der Waals surface area contributed by atoms with Crippen LogP contribution in [0, 0.1) is 6.92 Å². The van der Waals surface area contributed by atoms with Crippen LogP contribution < -0.4 is 5.32 Å². The van der Waals surface area contributed by atoms with E-state index >= 15 is 0 Å². The Balaban J connectivity index is 1.71. The lowest BCUT2D eigenvalue weighted by molar-refractivity contribution is -0.111. The molecule has 1 aromatic carbocycles. The summed E-state index contributed by atoms with van der Waals surface area (Å²) in [6, 6.07) is 9.97. The van der Waals surface area contributed by atoms with Crippen LogP contribution in [-0.4, -0.2) is 31.7 Å². The number of amides is 1. The summed E-state index contributed by atoms with van der Waals surface area (Å²) in [5.41, 5.74) is 0.441. The van der Waals surface area contributed by atoms with Crippen molar-refractivity contribution in [3.05, 3.63) is 54.0 Å². The van der Waals surface area contributed by atoms with E-state index in [0.29, 0.717) is 24.5 Å². The van der Waals surface area contributed by atoms with Gasteiger partial charge in [0.15, 0.2) is 0 Å². The minimum Gasteiger partial charge on any atom is -0.462 e. The van der Waals surface area contributed by atoms with Crippen molar-refractivity contribution < 1.29 is 17.6 Å². The zero-order valence-corrected chi connectivity index (χ0v) is 16.2. The Kier molecular flexibility index (Phi) is 6.13. The van der Waals surface area contributed by atoms with Crippen molar-refractivity contribution in [2.75, 3.05) is 18.4 Å². The van der Waals surface area contributed by atoms with Gasteiger partial charge in [-0.25, -0.2) is 8.42 Å². The highest BCUT2D eigenvalue weighted by Crippen LogP contribution is 2.22. The molecule has 6 nitrogen and oxygen atoms in total. The topological polar surface area (TPSA) is 79.6 Å². The van der Waals surface area contributed by atoms with Gasteiger partial charge in [-0.15, -0.1) is 0 Å². The number of carbonyl (C=O) groups is 1. The Morgan fingerprint density at radius 2 is 1.85 bits per heavy atom. The largest absolute Gasteiger partial charge is 0.462 e. The van der Waals surface area contributed by atoms with Gasteiger partial charge in [0.1, 0.15) is 11.5 Å². The molecule has 1 aliphatic heterocycles. The van der Waals surface area contributed by atoms with Crippen LogP contribution in [0.25, 0.3) is 6.08 Å². The summed E-state index contributed by atoms with van der Waals surface area (Å²) in [4.78, 5) is 12.3. The number of furan rings is 1. The van der Waals surface area contributed by atoms with Crippen molar-refractivity contribution in [1.82, 2.24) is 4.31 Å². The second-order valence-electron chi connectivity index (χ2n) is 6.62. The second-order valence-corrected chi connectivity index (χ2v) is 8.56. The summed E-state index contributed by atoms with van der Waals surface area (Å²) in [5, 5.41) is 2.70. The highest BCUT2D eigenvalue weighted by Gasteiger charge is 2.25. The van der Waals surface area contributed by atoms with Gasteiger partial charge in [0.25, 0.3) is 0 Å². The molecule has 0 aliphatic carbocycles. The molecule has 7 heteroatoms. The summed E-state index contributed by atoms with van der Waals surface area (Å²) in [5.74, 6) is 0.995. The molecule has 2 aromatic rings. The van der Waals surface area contributed by atoms with Gasteiger partial charge in [-0.05, 0) is 56.2 Å². The third-order valence-corrected chi connectivity index (χ3v) is 6.36. The van der Waals surface area contributed by atoms with Gasteiger partial charge in [-0.2, -0.15) is 4.31 Å². The van der Waals surface area contributed by atoms with Crippen molar-refractivity contribution in [1.29, 1.82) is 0 Å². The summed E-state index contributed by atoms with van der Waals surface area (Å²) in [6.45, 7) is 2.92. The summed E-state index contributed by atoms with van der Waals surface area (Å²) in [7, 11) is -3.55. The van der Waals surface area contributed by atoms with Crippen molar-refractivity contribution in [3.8, 4) is 0 Å². The van der Waals surface area contributed by atoms with Gasteiger partial charge in [0.2, 0.25) is 15.9 Å². The van der Waals surface area contributed by atoms with Gasteiger partial charge in [0.05, 0.1) is 4.90 Å². The minimum absolute atomic E-state index is 0.202. The molecule has 1 saturated heterocycles. The van der Waals surface area contributed by atoms with Crippen molar-refractivity contribution in [2.24, 2.45) is 0 Å². The molecule has 1 amide bonds. The number of rotatable bonds is 5. The second kappa shape index (κ2) is 8.54. The van der Waals surface area contributed by atoms with E-state index in [2.05, 4.69) is 5.32 Å². The SMILES string of the molecule is Cc1ccc(/C=C/C(=O)Nc2cccc(S(=O)(=O)N3CCCCCC3)c2)o1. The van der Waals surface area contributed by atoms with Gasteiger partial charge >= 0.3 is 0 Å². The van der Waals surface area contributed by atoms with E-state index in [4.69, 9.17) is 4.42 Å². The molecule has 2 heterocycles. The molecular formula is C20H24N2O4S. The molecule has 27 heavy (non-hydrogen) atoms. The van der Waals surface area contributed by atoms with Crippen LogP contribution in [0.15, 0.2) is 51.8 Å². The molecule has 3 rings (SSSR count). The van der Waals surface area contributed by atoms with Gasteiger partial charge < -0.3 is 9.73 Å². The smallest absolute Gasteiger partial charge is 0.248 e. The van der Waals surface area contributed by atoms with Crippen LogP contribution in [0.5, 0.6) is 0 Å². The zero-order valence-electron chi connectivity index (χ0n) is 15.3. The third kappa shape index (κ3) is 5.08. The van der Waals surface area contributed by atoms with Crippen molar-refractivity contribution >= 4 is 27.7 Å². The van der Waals surface area contributed by atoms with E-state index in [0.717, 1.165) is 31.4 Å². The normalized spacial score (nSPS) is 16.3. The number of sulfonamides is 1. The number of anilines is 1. The number of carbonyl (C=O) groups excluding carboxylic acids is 1.